The highest BCUT2D eigenvalue weighted by molar-refractivity contribution is 5.82. The molecule has 1 unspecified atom stereocenters. The molecule has 1 aromatic carbocycles. The number of nitrogens with zero attached hydrogens (tertiary/aromatic N) is 1. The summed E-state index contributed by atoms with van der Waals surface area (Å²) < 4.78 is 0. The fraction of sp³-hybridized carbons (Fsp3) is 0.385. The van der Waals surface area contributed by atoms with Gasteiger partial charge in [0, 0.05) is 5.54 Å². The van der Waals surface area contributed by atoms with Gasteiger partial charge in [-0.1, -0.05) is 18.2 Å². The Morgan fingerprint density at radius 2 is 2.00 bits per heavy atom. The normalized spacial score (nSPS) is 19.8. The lowest BCUT2D eigenvalue weighted by Crippen LogP contribution is -2.49. The number of hydrogen-bond acceptors (Lipinski definition) is 3. The van der Waals surface area contributed by atoms with Crippen LogP contribution in [-0.4, -0.2) is 16.9 Å². The molecule has 0 spiro atoms. The van der Waals surface area contributed by atoms with Crippen molar-refractivity contribution in [2.45, 2.75) is 32.5 Å². The Hall–Kier alpha value is -1.48. The minimum atomic E-state index is -0.614. The number of nitrogens with two attached hydrogens (primary N) is 1. The topological polar surface area (TPSA) is 49.5 Å². The molecule has 1 atom stereocenters. The third kappa shape index (κ3) is 1.67. The average molecular weight is 218 g/mol. The number of anilines is 2. The number of hydrogen-bond donors (Lipinski definition) is 2. The van der Waals surface area contributed by atoms with E-state index in [1.165, 1.54) is 0 Å². The van der Waals surface area contributed by atoms with Gasteiger partial charge in [-0.15, -0.1) is 0 Å². The highest BCUT2D eigenvalue weighted by Gasteiger charge is 2.31. The number of rotatable bonds is 0. The number of para-hydroxylation sites is 1. The smallest absolute Gasteiger partial charge is 0.147 e. The maximum Gasteiger partial charge on any atom is 0.147 e. The molecule has 2 rings (SSSR count). The summed E-state index contributed by atoms with van der Waals surface area (Å²) in [7, 11) is 0. The Labute approximate surface area is 96.2 Å². The lowest BCUT2D eigenvalue weighted by atomic mass is 9.97. The Balaban J connectivity index is 2.61. The third-order valence-corrected chi connectivity index (χ3v) is 2.77. The van der Waals surface area contributed by atoms with Crippen LogP contribution in [0.5, 0.6) is 0 Å². The Kier molecular flexibility index (Phi) is 2.43. The maximum atomic E-state index is 10.1. The van der Waals surface area contributed by atoms with Crippen molar-refractivity contribution in [3.63, 3.8) is 0 Å². The minimum absolute atomic E-state index is 0.172. The maximum absolute atomic E-state index is 10.1. The summed E-state index contributed by atoms with van der Waals surface area (Å²) in [5.74, 6) is 0. The van der Waals surface area contributed by atoms with Gasteiger partial charge in [0.2, 0.25) is 0 Å². The molecule has 3 nitrogen and oxygen atoms in total. The van der Waals surface area contributed by atoms with Crippen LogP contribution in [0.1, 0.15) is 26.3 Å². The average Bonchev–Trinajstić information content (AvgIpc) is 2.17. The van der Waals surface area contributed by atoms with Crippen molar-refractivity contribution in [2.75, 3.05) is 10.6 Å². The van der Waals surface area contributed by atoms with Crippen LogP contribution in [0.25, 0.3) is 6.08 Å². The first-order valence-corrected chi connectivity index (χ1v) is 5.45. The summed E-state index contributed by atoms with van der Waals surface area (Å²) in [5.41, 5.74) is 8.51. The summed E-state index contributed by atoms with van der Waals surface area (Å²) in [6, 6.07) is 5.80. The van der Waals surface area contributed by atoms with Crippen LogP contribution in [0.4, 0.5) is 11.4 Å². The number of fused-ring (bicyclic) bond motifs is 1. The largest absolute Gasteiger partial charge is 0.397 e. The quantitative estimate of drug-likeness (QED) is 0.656. The molecule has 3 N–H and O–H groups in total. The molecule has 1 aliphatic rings. The van der Waals surface area contributed by atoms with Crippen molar-refractivity contribution in [1.29, 1.82) is 0 Å². The van der Waals surface area contributed by atoms with Crippen LogP contribution in [0.2, 0.25) is 0 Å². The first kappa shape index (κ1) is 11.0. The van der Waals surface area contributed by atoms with E-state index in [1.54, 1.807) is 6.08 Å². The van der Waals surface area contributed by atoms with Gasteiger partial charge in [0.15, 0.2) is 0 Å². The van der Waals surface area contributed by atoms with Gasteiger partial charge in [0.25, 0.3) is 0 Å². The molecule has 1 aromatic rings. The molecular formula is C13H18N2O. The van der Waals surface area contributed by atoms with E-state index in [-0.39, 0.29) is 5.54 Å². The second-order valence-electron chi connectivity index (χ2n) is 5.10. The minimum Gasteiger partial charge on any atom is -0.397 e. The highest BCUT2D eigenvalue weighted by Crippen LogP contribution is 2.37. The summed E-state index contributed by atoms with van der Waals surface area (Å²) in [6.45, 7) is 6.18. The van der Waals surface area contributed by atoms with Gasteiger partial charge in [0.05, 0.1) is 11.4 Å². The van der Waals surface area contributed by atoms with Gasteiger partial charge in [-0.2, -0.15) is 0 Å². The van der Waals surface area contributed by atoms with Crippen LogP contribution in [0, 0.1) is 0 Å². The third-order valence-electron chi connectivity index (χ3n) is 2.77. The summed E-state index contributed by atoms with van der Waals surface area (Å²) in [5, 5.41) is 10.1. The van der Waals surface area contributed by atoms with Crippen molar-refractivity contribution >= 4 is 17.5 Å². The van der Waals surface area contributed by atoms with Gasteiger partial charge < -0.3 is 15.7 Å². The number of benzene rings is 1. The van der Waals surface area contributed by atoms with E-state index in [0.29, 0.717) is 5.69 Å². The lowest BCUT2D eigenvalue weighted by molar-refractivity contribution is 0.189. The highest BCUT2D eigenvalue weighted by atomic mass is 16.3. The SMILES string of the molecule is CC(C)(C)N1c2c(N)cccc2C=CC1O. The van der Waals surface area contributed by atoms with Gasteiger partial charge in [-0.25, -0.2) is 0 Å². The van der Waals surface area contributed by atoms with Crippen molar-refractivity contribution in [1.82, 2.24) is 0 Å². The predicted molar refractivity (Wildman–Crippen MR) is 68.1 cm³/mol. The van der Waals surface area contributed by atoms with Gasteiger partial charge in [-0.05, 0) is 38.5 Å². The van der Waals surface area contributed by atoms with Crippen molar-refractivity contribution in [3.05, 3.63) is 29.8 Å². The van der Waals surface area contributed by atoms with Gasteiger partial charge >= 0.3 is 0 Å². The molecule has 16 heavy (non-hydrogen) atoms. The van der Waals surface area contributed by atoms with Crippen LogP contribution >= 0.6 is 0 Å². The molecule has 0 bridgehead atoms. The number of aliphatic hydroxyl groups excluding tert-OH is 1. The van der Waals surface area contributed by atoms with E-state index in [4.69, 9.17) is 5.73 Å². The molecule has 0 radical (unpaired) electrons. The summed E-state index contributed by atoms with van der Waals surface area (Å²) in [6.07, 6.45) is 3.09. The fourth-order valence-corrected chi connectivity index (χ4v) is 2.13. The molecule has 0 saturated heterocycles. The zero-order chi connectivity index (χ0) is 11.9. The zero-order valence-corrected chi connectivity index (χ0v) is 9.94. The summed E-state index contributed by atoms with van der Waals surface area (Å²) in [4.78, 5) is 1.94. The van der Waals surface area contributed by atoms with E-state index in [9.17, 15) is 5.11 Å². The molecule has 0 aliphatic carbocycles. The predicted octanol–water partition coefficient (Wildman–Crippen LogP) is 2.22. The fourth-order valence-electron chi connectivity index (χ4n) is 2.13. The molecule has 1 aliphatic heterocycles. The monoisotopic (exact) mass is 218 g/mol. The standard InChI is InChI=1S/C13H18N2O/c1-13(2,3)15-11(16)8-7-9-5-4-6-10(14)12(9)15/h4-8,11,16H,14H2,1-3H3. The lowest BCUT2D eigenvalue weighted by Gasteiger charge is -2.43. The zero-order valence-electron chi connectivity index (χ0n) is 9.94. The molecule has 3 heteroatoms. The van der Waals surface area contributed by atoms with E-state index in [1.807, 2.05) is 29.2 Å². The second kappa shape index (κ2) is 3.52. The van der Waals surface area contributed by atoms with Crippen molar-refractivity contribution in [3.8, 4) is 0 Å². The molecule has 0 amide bonds. The van der Waals surface area contributed by atoms with E-state index in [2.05, 4.69) is 20.8 Å². The molecule has 86 valence electrons. The molecular weight excluding hydrogens is 200 g/mol. The molecule has 0 aromatic heterocycles. The first-order valence-electron chi connectivity index (χ1n) is 5.45. The Morgan fingerprint density at radius 3 is 2.62 bits per heavy atom. The molecule has 0 saturated carbocycles. The molecule has 0 fully saturated rings. The molecule has 1 heterocycles. The van der Waals surface area contributed by atoms with E-state index >= 15 is 0 Å². The Bertz CT molecular complexity index is 432. The number of nitrogen functional groups attached to an aromatic ring is 1. The van der Waals surface area contributed by atoms with E-state index < -0.39 is 6.23 Å². The summed E-state index contributed by atoms with van der Waals surface area (Å²) >= 11 is 0. The van der Waals surface area contributed by atoms with Gasteiger partial charge in [0.1, 0.15) is 6.23 Å². The van der Waals surface area contributed by atoms with E-state index in [0.717, 1.165) is 11.3 Å². The Morgan fingerprint density at radius 1 is 1.31 bits per heavy atom. The van der Waals surface area contributed by atoms with Crippen LogP contribution in [0.3, 0.4) is 0 Å². The van der Waals surface area contributed by atoms with Gasteiger partial charge in [-0.3, -0.25) is 0 Å². The second-order valence-corrected chi connectivity index (χ2v) is 5.10. The van der Waals surface area contributed by atoms with Crippen LogP contribution in [-0.2, 0) is 0 Å². The van der Waals surface area contributed by atoms with Crippen molar-refractivity contribution in [2.24, 2.45) is 0 Å². The van der Waals surface area contributed by atoms with Crippen LogP contribution in [0.15, 0.2) is 24.3 Å². The first-order chi connectivity index (χ1) is 7.41. The number of aliphatic hydroxyl groups is 1. The van der Waals surface area contributed by atoms with Crippen LogP contribution < -0.4 is 10.6 Å². The van der Waals surface area contributed by atoms with Crippen molar-refractivity contribution < 1.29 is 5.11 Å².